The van der Waals surface area contributed by atoms with Crippen LogP contribution in [0.4, 0.5) is 4.39 Å². The van der Waals surface area contributed by atoms with Gasteiger partial charge in [-0.05, 0) is 19.2 Å². The summed E-state index contributed by atoms with van der Waals surface area (Å²) < 4.78 is 28.7. The molecule has 0 fully saturated rings. The zero-order valence-corrected chi connectivity index (χ0v) is 12.4. The molecule has 0 atom stereocenters. The first-order valence-corrected chi connectivity index (χ1v) is 6.94. The van der Waals surface area contributed by atoms with Crippen molar-refractivity contribution in [2.24, 2.45) is 0 Å². The van der Waals surface area contributed by atoms with Crippen molar-refractivity contribution in [2.75, 3.05) is 27.1 Å². The molecule has 1 aromatic rings. The number of ether oxygens (including phenoxy) is 3. The number of thioether (sulfide) groups is 1. The molecule has 0 aliphatic rings. The van der Waals surface area contributed by atoms with Crippen LogP contribution in [0.5, 0.6) is 11.5 Å². The Bertz CT molecular complexity index is 530. The van der Waals surface area contributed by atoms with Crippen LogP contribution in [0.15, 0.2) is 11.0 Å². The maximum absolute atomic E-state index is 14.0. The van der Waals surface area contributed by atoms with E-state index in [1.54, 1.807) is 13.2 Å². The molecule has 0 saturated carbocycles. The summed E-state index contributed by atoms with van der Waals surface area (Å²) >= 11 is 1.11. The Morgan fingerprint density at radius 2 is 1.85 bits per heavy atom. The molecule has 0 aliphatic carbocycles. The molecule has 0 amide bonds. The highest BCUT2D eigenvalue weighted by Crippen LogP contribution is 2.41. The van der Waals surface area contributed by atoms with Gasteiger partial charge >= 0.3 is 5.97 Å². The number of methoxy groups -OCH3 is 2. The van der Waals surface area contributed by atoms with Gasteiger partial charge in [0, 0.05) is 0 Å². The van der Waals surface area contributed by atoms with Crippen LogP contribution in [-0.2, 0) is 9.53 Å². The molecule has 110 valence electrons. The van der Waals surface area contributed by atoms with Crippen LogP contribution >= 0.6 is 11.8 Å². The molecule has 7 heteroatoms. The summed E-state index contributed by atoms with van der Waals surface area (Å²) in [7, 11) is 2.64. The van der Waals surface area contributed by atoms with E-state index in [0.717, 1.165) is 17.8 Å². The van der Waals surface area contributed by atoms with Gasteiger partial charge in [-0.2, -0.15) is 0 Å². The zero-order valence-electron chi connectivity index (χ0n) is 11.6. The van der Waals surface area contributed by atoms with Crippen LogP contribution in [0.25, 0.3) is 0 Å². The van der Waals surface area contributed by atoms with Crippen LogP contribution in [0.2, 0.25) is 0 Å². The molecule has 0 aliphatic heterocycles. The normalized spacial score (nSPS) is 10.1. The monoisotopic (exact) mass is 302 g/mol. The minimum absolute atomic E-state index is 0.0105. The van der Waals surface area contributed by atoms with E-state index >= 15 is 0 Å². The lowest BCUT2D eigenvalue weighted by Gasteiger charge is -2.15. The number of rotatable bonds is 6. The van der Waals surface area contributed by atoms with E-state index in [9.17, 15) is 14.0 Å². The van der Waals surface area contributed by atoms with Crippen molar-refractivity contribution in [1.82, 2.24) is 0 Å². The number of hydrogen-bond donors (Lipinski definition) is 0. The second kappa shape index (κ2) is 7.14. The van der Waals surface area contributed by atoms with E-state index in [4.69, 9.17) is 9.47 Å². The first kappa shape index (κ1) is 16.3. The largest absolute Gasteiger partial charge is 0.492 e. The summed E-state index contributed by atoms with van der Waals surface area (Å²) in [6, 6.07) is 0.951. The number of hydrogen-bond acceptors (Lipinski definition) is 6. The Hall–Kier alpha value is -1.76. The Morgan fingerprint density at radius 1 is 1.25 bits per heavy atom. The first-order chi connectivity index (χ1) is 9.51. The Labute approximate surface area is 120 Å². The number of halogens is 1. The number of benzene rings is 1. The summed E-state index contributed by atoms with van der Waals surface area (Å²) in [6.07, 6.45) is 1.66. The van der Waals surface area contributed by atoms with Crippen molar-refractivity contribution in [3.05, 3.63) is 17.4 Å². The van der Waals surface area contributed by atoms with Gasteiger partial charge in [0.05, 0.1) is 31.3 Å². The van der Waals surface area contributed by atoms with Crippen molar-refractivity contribution >= 4 is 23.5 Å². The molecule has 0 spiro atoms. The molecule has 1 aromatic carbocycles. The van der Waals surface area contributed by atoms with Crippen LogP contribution in [0.3, 0.4) is 0 Å². The molecule has 0 N–H and O–H groups in total. The highest BCUT2D eigenvalue weighted by molar-refractivity contribution is 7.98. The van der Waals surface area contributed by atoms with Gasteiger partial charge < -0.3 is 14.2 Å². The Balaban J connectivity index is 3.44. The average Bonchev–Trinajstić information content (AvgIpc) is 2.45. The molecule has 0 saturated heterocycles. The van der Waals surface area contributed by atoms with E-state index in [1.165, 1.54) is 14.2 Å². The van der Waals surface area contributed by atoms with Crippen LogP contribution in [0.1, 0.15) is 17.3 Å². The number of carbonyl (C=O) groups is 2. The second-order valence-electron chi connectivity index (χ2n) is 3.56. The van der Waals surface area contributed by atoms with Gasteiger partial charge in [-0.1, -0.05) is 0 Å². The predicted molar refractivity (Wildman–Crippen MR) is 72.2 cm³/mol. The lowest BCUT2D eigenvalue weighted by Crippen LogP contribution is -2.19. The minimum atomic E-state index is -1.07. The zero-order chi connectivity index (χ0) is 15.3. The molecular weight excluding hydrogens is 287 g/mol. The Kier molecular flexibility index (Phi) is 5.82. The lowest BCUT2D eigenvalue weighted by atomic mass is 10.1. The van der Waals surface area contributed by atoms with Crippen molar-refractivity contribution in [2.45, 2.75) is 11.8 Å². The fraction of sp³-hybridized carbons (Fsp3) is 0.385. The summed E-state index contributed by atoms with van der Waals surface area (Å²) in [5, 5.41) is 0. The second-order valence-corrected chi connectivity index (χ2v) is 4.37. The SMILES string of the molecule is CCOC(=O)C(=O)c1cc(F)c(SC)c(OC)c1OC. The maximum Gasteiger partial charge on any atom is 0.379 e. The van der Waals surface area contributed by atoms with Gasteiger partial charge in [-0.3, -0.25) is 4.79 Å². The fourth-order valence-corrected chi connectivity index (χ4v) is 2.26. The van der Waals surface area contributed by atoms with Crippen molar-refractivity contribution in [1.29, 1.82) is 0 Å². The van der Waals surface area contributed by atoms with Gasteiger partial charge in [0.25, 0.3) is 5.78 Å². The molecule has 0 bridgehead atoms. The number of ketones is 1. The van der Waals surface area contributed by atoms with Crippen molar-refractivity contribution in [3.63, 3.8) is 0 Å². The van der Waals surface area contributed by atoms with E-state index in [-0.39, 0.29) is 28.6 Å². The highest BCUT2D eigenvalue weighted by atomic mass is 32.2. The molecular formula is C13H15FO5S. The topological polar surface area (TPSA) is 61.8 Å². The van der Waals surface area contributed by atoms with E-state index in [2.05, 4.69) is 4.74 Å². The molecule has 1 rings (SSSR count). The summed E-state index contributed by atoms with van der Waals surface area (Å²) in [4.78, 5) is 23.6. The van der Waals surface area contributed by atoms with Crippen molar-refractivity contribution in [3.8, 4) is 11.5 Å². The van der Waals surface area contributed by atoms with Gasteiger partial charge in [-0.15, -0.1) is 11.8 Å². The van der Waals surface area contributed by atoms with Gasteiger partial charge in [-0.25, -0.2) is 9.18 Å². The van der Waals surface area contributed by atoms with E-state index < -0.39 is 17.6 Å². The molecule has 0 aromatic heterocycles. The van der Waals surface area contributed by atoms with Gasteiger partial charge in [0.2, 0.25) is 0 Å². The Morgan fingerprint density at radius 3 is 2.30 bits per heavy atom. The van der Waals surface area contributed by atoms with Crippen LogP contribution in [0, 0.1) is 5.82 Å². The molecule has 0 heterocycles. The minimum Gasteiger partial charge on any atom is -0.492 e. The quantitative estimate of drug-likeness (QED) is 0.348. The number of Topliss-reactive ketones (excluding diaryl/α,β-unsaturated/α-hetero) is 1. The number of carbonyl (C=O) groups excluding carboxylic acids is 2. The summed E-state index contributed by atoms with van der Waals surface area (Å²) in [6.45, 7) is 1.62. The summed E-state index contributed by atoms with van der Waals surface area (Å²) in [5.74, 6) is -2.62. The van der Waals surface area contributed by atoms with Crippen molar-refractivity contribution < 1.29 is 28.2 Å². The smallest absolute Gasteiger partial charge is 0.379 e. The molecule has 0 unspecified atom stereocenters. The third-order valence-electron chi connectivity index (χ3n) is 2.46. The number of esters is 1. The van der Waals surface area contributed by atoms with E-state index in [1.807, 2.05) is 0 Å². The van der Waals surface area contributed by atoms with E-state index in [0.29, 0.717) is 0 Å². The highest BCUT2D eigenvalue weighted by Gasteiger charge is 2.28. The molecule has 20 heavy (non-hydrogen) atoms. The first-order valence-electron chi connectivity index (χ1n) is 5.71. The van der Waals surface area contributed by atoms with Gasteiger partial charge in [0.15, 0.2) is 11.5 Å². The third kappa shape index (κ3) is 3.04. The van der Waals surface area contributed by atoms with Gasteiger partial charge in [0.1, 0.15) is 5.82 Å². The third-order valence-corrected chi connectivity index (χ3v) is 3.25. The predicted octanol–water partition coefficient (Wildman–Crippen LogP) is 2.31. The van der Waals surface area contributed by atoms with Crippen LogP contribution in [-0.4, -0.2) is 38.8 Å². The summed E-state index contributed by atoms with van der Waals surface area (Å²) in [5.41, 5.74) is -0.224. The lowest BCUT2D eigenvalue weighted by molar-refractivity contribution is -0.137. The molecule has 0 radical (unpaired) electrons. The van der Waals surface area contributed by atoms with Crippen LogP contribution < -0.4 is 9.47 Å². The standard InChI is InChI=1S/C13H15FO5S/c1-5-19-13(16)9(15)7-6-8(14)12(20-4)11(18-3)10(7)17-2/h6H,5H2,1-4H3. The maximum atomic E-state index is 14.0. The fourth-order valence-electron chi connectivity index (χ4n) is 1.65. The molecule has 5 nitrogen and oxygen atoms in total. The average molecular weight is 302 g/mol.